The Morgan fingerprint density at radius 1 is 1.04 bits per heavy atom. The SMILES string of the molecule is CC(C)N1CC(S(=O)(=O)CC(C)(C)N2CCC(S(C)(=O)=O)C2)C1. The molecule has 2 rings (SSSR count). The van der Waals surface area contributed by atoms with Gasteiger partial charge in [0.05, 0.1) is 16.3 Å². The van der Waals surface area contributed by atoms with E-state index in [2.05, 4.69) is 18.7 Å². The van der Waals surface area contributed by atoms with Crippen LogP contribution < -0.4 is 0 Å². The van der Waals surface area contributed by atoms with Crippen molar-refractivity contribution in [3.05, 3.63) is 0 Å². The summed E-state index contributed by atoms with van der Waals surface area (Å²) >= 11 is 0. The lowest BCUT2D eigenvalue weighted by molar-refractivity contribution is 0.139. The highest BCUT2D eigenvalue weighted by Gasteiger charge is 2.44. The summed E-state index contributed by atoms with van der Waals surface area (Å²) in [6.07, 6.45) is 1.85. The lowest BCUT2D eigenvalue weighted by atomic mass is 10.1. The highest BCUT2D eigenvalue weighted by molar-refractivity contribution is 7.92. The summed E-state index contributed by atoms with van der Waals surface area (Å²) in [6.45, 7) is 10.3. The average molecular weight is 367 g/mol. The third-order valence-electron chi connectivity index (χ3n) is 5.28. The largest absolute Gasteiger partial charge is 0.298 e. The first kappa shape index (κ1) is 19.1. The molecule has 0 N–H and O–H groups in total. The van der Waals surface area contributed by atoms with Crippen LogP contribution in [0.4, 0.5) is 0 Å². The zero-order valence-electron chi connectivity index (χ0n) is 14.8. The van der Waals surface area contributed by atoms with E-state index < -0.39 is 25.2 Å². The van der Waals surface area contributed by atoms with Gasteiger partial charge in [-0.05, 0) is 34.1 Å². The van der Waals surface area contributed by atoms with Crippen LogP contribution in [0.1, 0.15) is 34.1 Å². The zero-order valence-corrected chi connectivity index (χ0v) is 16.5. The molecule has 2 aliphatic rings. The molecule has 23 heavy (non-hydrogen) atoms. The average Bonchev–Trinajstić information content (AvgIpc) is 2.72. The standard InChI is InChI=1S/C15H30N2O4S2/c1-12(2)16-8-14(9-16)23(20,21)11-15(3,4)17-7-6-13(10-17)22(5,18)19/h12-14H,6-11H2,1-5H3. The van der Waals surface area contributed by atoms with Crippen molar-refractivity contribution < 1.29 is 16.8 Å². The van der Waals surface area contributed by atoms with Crippen molar-refractivity contribution in [3.8, 4) is 0 Å². The minimum atomic E-state index is -3.17. The molecule has 6 nitrogen and oxygen atoms in total. The van der Waals surface area contributed by atoms with Crippen molar-refractivity contribution in [1.82, 2.24) is 9.80 Å². The molecule has 2 saturated heterocycles. The number of sulfone groups is 2. The molecule has 0 amide bonds. The van der Waals surface area contributed by atoms with E-state index in [-0.39, 0.29) is 16.3 Å². The van der Waals surface area contributed by atoms with Gasteiger partial charge in [0, 0.05) is 44.0 Å². The predicted molar refractivity (Wildman–Crippen MR) is 93.2 cm³/mol. The molecule has 0 aliphatic carbocycles. The first-order valence-electron chi connectivity index (χ1n) is 8.22. The first-order chi connectivity index (χ1) is 10.3. The molecule has 0 radical (unpaired) electrons. The van der Waals surface area contributed by atoms with Crippen molar-refractivity contribution in [1.29, 1.82) is 0 Å². The van der Waals surface area contributed by atoms with Gasteiger partial charge >= 0.3 is 0 Å². The second kappa shape index (κ2) is 6.28. The molecule has 8 heteroatoms. The third kappa shape index (κ3) is 4.27. The maximum atomic E-state index is 12.7. The summed E-state index contributed by atoms with van der Waals surface area (Å²) in [6, 6.07) is 0.378. The normalized spacial score (nSPS) is 25.9. The van der Waals surface area contributed by atoms with E-state index in [0.29, 0.717) is 38.6 Å². The van der Waals surface area contributed by atoms with E-state index in [4.69, 9.17) is 0 Å². The van der Waals surface area contributed by atoms with Gasteiger partial charge in [0.25, 0.3) is 0 Å². The fraction of sp³-hybridized carbons (Fsp3) is 1.00. The molecule has 0 bridgehead atoms. The smallest absolute Gasteiger partial charge is 0.157 e. The van der Waals surface area contributed by atoms with Crippen molar-refractivity contribution >= 4 is 19.7 Å². The van der Waals surface area contributed by atoms with E-state index >= 15 is 0 Å². The molecular formula is C15H30N2O4S2. The first-order valence-corrected chi connectivity index (χ1v) is 11.9. The van der Waals surface area contributed by atoms with Crippen LogP contribution >= 0.6 is 0 Å². The Labute approximate surface area is 141 Å². The molecule has 136 valence electrons. The van der Waals surface area contributed by atoms with Crippen LogP contribution in [-0.2, 0) is 19.7 Å². The van der Waals surface area contributed by atoms with Gasteiger partial charge in [0.2, 0.25) is 0 Å². The molecule has 0 saturated carbocycles. The summed E-state index contributed by atoms with van der Waals surface area (Å²) < 4.78 is 48.7. The van der Waals surface area contributed by atoms with Gasteiger partial charge in [-0.3, -0.25) is 9.80 Å². The molecule has 1 atom stereocenters. The van der Waals surface area contributed by atoms with E-state index in [9.17, 15) is 16.8 Å². The fourth-order valence-corrected chi connectivity index (χ4v) is 6.67. The Balaban J connectivity index is 1.99. The number of hydrogen-bond donors (Lipinski definition) is 0. The summed E-state index contributed by atoms with van der Waals surface area (Å²) in [5, 5.41) is -0.651. The molecule has 2 aliphatic heterocycles. The lowest BCUT2D eigenvalue weighted by Gasteiger charge is -2.43. The number of hydrogen-bond acceptors (Lipinski definition) is 6. The van der Waals surface area contributed by atoms with Gasteiger partial charge in [-0.1, -0.05) is 0 Å². The summed E-state index contributed by atoms with van der Waals surface area (Å²) in [5.74, 6) is 0.0904. The van der Waals surface area contributed by atoms with Crippen molar-refractivity contribution in [2.45, 2.75) is 56.2 Å². The van der Waals surface area contributed by atoms with E-state index in [1.54, 1.807) is 0 Å². The van der Waals surface area contributed by atoms with Crippen LogP contribution in [0.2, 0.25) is 0 Å². The minimum Gasteiger partial charge on any atom is -0.298 e. The van der Waals surface area contributed by atoms with Gasteiger partial charge < -0.3 is 0 Å². The summed E-state index contributed by atoms with van der Waals surface area (Å²) in [7, 11) is -6.23. The van der Waals surface area contributed by atoms with Crippen molar-refractivity contribution in [3.63, 3.8) is 0 Å². The minimum absolute atomic E-state index is 0.0904. The van der Waals surface area contributed by atoms with Crippen molar-refractivity contribution in [2.24, 2.45) is 0 Å². The van der Waals surface area contributed by atoms with E-state index in [1.165, 1.54) is 6.26 Å². The lowest BCUT2D eigenvalue weighted by Crippen LogP contribution is -2.60. The highest BCUT2D eigenvalue weighted by atomic mass is 32.2. The molecule has 0 spiro atoms. The molecule has 2 heterocycles. The Morgan fingerprint density at radius 2 is 1.61 bits per heavy atom. The van der Waals surface area contributed by atoms with Gasteiger partial charge in [-0.25, -0.2) is 16.8 Å². The summed E-state index contributed by atoms with van der Waals surface area (Å²) in [5.41, 5.74) is -0.531. The Bertz CT molecular complexity index is 634. The molecule has 0 aromatic carbocycles. The van der Waals surface area contributed by atoms with E-state index in [0.717, 1.165) is 0 Å². The zero-order chi connectivity index (χ0) is 17.6. The molecule has 1 unspecified atom stereocenters. The second-order valence-corrected chi connectivity index (χ2v) is 12.6. The van der Waals surface area contributed by atoms with E-state index in [1.807, 2.05) is 18.7 Å². The second-order valence-electron chi connectivity index (χ2n) is 7.98. The van der Waals surface area contributed by atoms with Gasteiger partial charge in [-0.15, -0.1) is 0 Å². The molecule has 0 aromatic heterocycles. The Kier molecular flexibility index (Phi) is 5.23. The molecule has 0 aromatic rings. The quantitative estimate of drug-likeness (QED) is 0.677. The van der Waals surface area contributed by atoms with Crippen LogP contribution in [0.3, 0.4) is 0 Å². The maximum Gasteiger partial charge on any atom is 0.157 e. The molecule has 2 fully saturated rings. The van der Waals surface area contributed by atoms with Crippen LogP contribution in [-0.4, -0.2) is 86.9 Å². The van der Waals surface area contributed by atoms with Gasteiger partial charge in [-0.2, -0.15) is 0 Å². The molecular weight excluding hydrogens is 336 g/mol. The van der Waals surface area contributed by atoms with Gasteiger partial charge in [0.15, 0.2) is 19.7 Å². The van der Waals surface area contributed by atoms with Crippen LogP contribution in [0.5, 0.6) is 0 Å². The van der Waals surface area contributed by atoms with Gasteiger partial charge in [0.1, 0.15) is 0 Å². The number of likely N-dealkylation sites (tertiary alicyclic amines) is 2. The Morgan fingerprint density at radius 3 is 2.04 bits per heavy atom. The topological polar surface area (TPSA) is 74.8 Å². The van der Waals surface area contributed by atoms with Crippen LogP contribution in [0, 0.1) is 0 Å². The highest BCUT2D eigenvalue weighted by Crippen LogP contribution is 2.29. The number of rotatable bonds is 6. The summed E-state index contributed by atoms with van der Waals surface area (Å²) in [4.78, 5) is 4.18. The van der Waals surface area contributed by atoms with Crippen LogP contribution in [0.15, 0.2) is 0 Å². The van der Waals surface area contributed by atoms with Crippen LogP contribution in [0.25, 0.3) is 0 Å². The van der Waals surface area contributed by atoms with Crippen molar-refractivity contribution in [2.75, 3.05) is 38.2 Å². The number of nitrogens with zero attached hydrogens (tertiary/aromatic N) is 2. The Hall–Kier alpha value is -0.180. The predicted octanol–water partition coefficient (Wildman–Crippen LogP) is 0.391. The maximum absolute atomic E-state index is 12.7. The third-order valence-corrected chi connectivity index (χ3v) is 9.29. The monoisotopic (exact) mass is 366 g/mol. The fourth-order valence-electron chi connectivity index (χ4n) is 3.45.